The van der Waals surface area contributed by atoms with E-state index in [4.69, 9.17) is 5.73 Å². The van der Waals surface area contributed by atoms with Gasteiger partial charge in [0.05, 0.1) is 5.52 Å². The zero-order valence-electron chi connectivity index (χ0n) is 11.4. The van der Waals surface area contributed by atoms with Gasteiger partial charge in [0.2, 0.25) is 0 Å². The number of benzene rings is 1. The van der Waals surface area contributed by atoms with Crippen molar-refractivity contribution in [2.24, 2.45) is 11.7 Å². The summed E-state index contributed by atoms with van der Waals surface area (Å²) < 4.78 is 0. The van der Waals surface area contributed by atoms with Crippen molar-refractivity contribution in [3.8, 4) is 0 Å². The maximum absolute atomic E-state index is 12.2. The fourth-order valence-electron chi connectivity index (χ4n) is 2.85. The van der Waals surface area contributed by atoms with Gasteiger partial charge in [-0.25, -0.2) is 0 Å². The number of carbonyl (C=O) groups is 1. The summed E-state index contributed by atoms with van der Waals surface area (Å²) in [7, 11) is 0. The molecule has 20 heavy (non-hydrogen) atoms. The lowest BCUT2D eigenvalue weighted by atomic mass is 10.1. The zero-order chi connectivity index (χ0) is 13.9. The summed E-state index contributed by atoms with van der Waals surface area (Å²) in [6.45, 7) is 0.720. The van der Waals surface area contributed by atoms with Crippen molar-refractivity contribution in [2.75, 3.05) is 6.54 Å². The van der Waals surface area contributed by atoms with Crippen molar-refractivity contribution >= 4 is 16.8 Å². The number of nitrogens with one attached hydrogen (secondary N) is 1. The molecule has 1 fully saturated rings. The molecule has 0 bridgehead atoms. The van der Waals surface area contributed by atoms with Crippen LogP contribution in [0.2, 0.25) is 0 Å². The molecule has 3 rings (SSSR count). The van der Waals surface area contributed by atoms with Crippen LogP contribution in [0.15, 0.2) is 36.5 Å². The summed E-state index contributed by atoms with van der Waals surface area (Å²) >= 11 is 0. The molecule has 2 atom stereocenters. The van der Waals surface area contributed by atoms with Crippen molar-refractivity contribution in [1.82, 2.24) is 10.3 Å². The lowest BCUT2D eigenvalue weighted by Gasteiger charge is -2.11. The molecule has 104 valence electrons. The third-order valence-electron chi connectivity index (χ3n) is 4.00. The molecule has 4 heteroatoms. The zero-order valence-corrected chi connectivity index (χ0v) is 11.4. The molecule has 0 aliphatic heterocycles. The lowest BCUT2D eigenvalue weighted by molar-refractivity contribution is 0.0947. The highest BCUT2D eigenvalue weighted by atomic mass is 16.1. The summed E-state index contributed by atoms with van der Waals surface area (Å²) in [5.41, 5.74) is 7.48. The number of carbonyl (C=O) groups excluding carboxylic acids is 1. The Balaban J connectivity index is 1.66. The molecule has 1 aromatic heterocycles. The molecule has 3 N–H and O–H groups in total. The highest BCUT2D eigenvalue weighted by Crippen LogP contribution is 2.23. The number of nitrogens with two attached hydrogens (primary N) is 1. The first kappa shape index (κ1) is 13.1. The van der Waals surface area contributed by atoms with Crippen molar-refractivity contribution in [1.29, 1.82) is 0 Å². The Morgan fingerprint density at radius 2 is 2.25 bits per heavy atom. The number of fused-ring (bicyclic) bond motifs is 1. The van der Waals surface area contributed by atoms with Gasteiger partial charge >= 0.3 is 0 Å². The van der Waals surface area contributed by atoms with E-state index in [0.717, 1.165) is 36.7 Å². The molecule has 1 amide bonds. The Bertz CT molecular complexity index is 626. The van der Waals surface area contributed by atoms with Crippen LogP contribution in [0.4, 0.5) is 0 Å². The molecule has 1 aliphatic carbocycles. The third kappa shape index (κ3) is 2.80. The molecule has 4 nitrogen and oxygen atoms in total. The number of aromatic nitrogens is 1. The molecule has 0 radical (unpaired) electrons. The van der Waals surface area contributed by atoms with Gasteiger partial charge in [-0.3, -0.25) is 9.78 Å². The van der Waals surface area contributed by atoms with E-state index in [9.17, 15) is 4.79 Å². The maximum Gasteiger partial charge on any atom is 0.251 e. The van der Waals surface area contributed by atoms with Gasteiger partial charge in [0.25, 0.3) is 5.91 Å². The quantitative estimate of drug-likeness (QED) is 0.896. The van der Waals surface area contributed by atoms with Crippen molar-refractivity contribution < 1.29 is 4.79 Å². The average Bonchev–Trinajstić information content (AvgIpc) is 2.90. The molecule has 1 aliphatic rings. The number of hydrogen-bond donors (Lipinski definition) is 2. The van der Waals surface area contributed by atoms with Crippen LogP contribution in [-0.4, -0.2) is 23.5 Å². The van der Waals surface area contributed by atoms with Crippen molar-refractivity contribution in [3.63, 3.8) is 0 Å². The van der Waals surface area contributed by atoms with Gasteiger partial charge < -0.3 is 11.1 Å². The summed E-state index contributed by atoms with van der Waals surface area (Å²) in [6.07, 6.45) is 4.96. The molecule has 2 aromatic rings. The van der Waals surface area contributed by atoms with Crippen molar-refractivity contribution in [2.45, 2.75) is 25.3 Å². The van der Waals surface area contributed by atoms with E-state index in [1.807, 2.05) is 30.3 Å². The van der Waals surface area contributed by atoms with Gasteiger partial charge in [-0.15, -0.1) is 0 Å². The van der Waals surface area contributed by atoms with E-state index in [1.54, 1.807) is 6.20 Å². The minimum Gasteiger partial charge on any atom is -0.352 e. The molecule has 0 saturated heterocycles. The molecule has 0 spiro atoms. The van der Waals surface area contributed by atoms with E-state index < -0.39 is 0 Å². The van der Waals surface area contributed by atoms with E-state index in [0.29, 0.717) is 17.5 Å². The average molecular weight is 269 g/mol. The van der Waals surface area contributed by atoms with E-state index >= 15 is 0 Å². The summed E-state index contributed by atoms with van der Waals surface area (Å²) in [6, 6.07) is 9.75. The molecule has 1 saturated carbocycles. The number of pyridine rings is 1. The van der Waals surface area contributed by atoms with Crippen LogP contribution in [-0.2, 0) is 0 Å². The van der Waals surface area contributed by atoms with Crippen LogP contribution >= 0.6 is 0 Å². The van der Waals surface area contributed by atoms with Gasteiger partial charge in [0, 0.05) is 29.7 Å². The van der Waals surface area contributed by atoms with Gasteiger partial charge in [-0.1, -0.05) is 6.07 Å². The van der Waals surface area contributed by atoms with Crippen molar-refractivity contribution in [3.05, 3.63) is 42.1 Å². The second kappa shape index (κ2) is 5.59. The molecule has 2 unspecified atom stereocenters. The monoisotopic (exact) mass is 269 g/mol. The van der Waals surface area contributed by atoms with Gasteiger partial charge in [0.1, 0.15) is 0 Å². The Morgan fingerprint density at radius 3 is 3.05 bits per heavy atom. The number of nitrogens with zero attached hydrogens (tertiary/aromatic N) is 1. The Hall–Kier alpha value is -1.94. The first-order valence-electron chi connectivity index (χ1n) is 7.11. The number of amides is 1. The second-order valence-electron chi connectivity index (χ2n) is 5.56. The minimum atomic E-state index is -0.0174. The summed E-state index contributed by atoms with van der Waals surface area (Å²) in [5.74, 6) is 0.507. The van der Waals surface area contributed by atoms with Crippen LogP contribution in [0, 0.1) is 5.92 Å². The van der Waals surface area contributed by atoms with Crippen LogP contribution in [0.3, 0.4) is 0 Å². The van der Waals surface area contributed by atoms with Crippen LogP contribution in [0.5, 0.6) is 0 Å². The Kier molecular flexibility index (Phi) is 3.65. The SMILES string of the molecule is NC1CCC(CNC(=O)c2ccc3ncccc3c2)C1. The number of hydrogen-bond acceptors (Lipinski definition) is 3. The van der Waals surface area contributed by atoms with Gasteiger partial charge in [0.15, 0.2) is 0 Å². The first-order chi connectivity index (χ1) is 9.72. The molecular weight excluding hydrogens is 250 g/mol. The standard InChI is InChI=1S/C16H19N3O/c17-14-5-3-11(8-14)10-19-16(20)13-4-6-15-12(9-13)2-1-7-18-15/h1-2,4,6-7,9,11,14H,3,5,8,10,17H2,(H,19,20). The van der Waals surface area contributed by atoms with Crippen LogP contribution in [0.1, 0.15) is 29.6 Å². The fraction of sp³-hybridized carbons (Fsp3) is 0.375. The van der Waals surface area contributed by atoms with E-state index in [-0.39, 0.29) is 5.91 Å². The Morgan fingerprint density at radius 1 is 1.35 bits per heavy atom. The third-order valence-corrected chi connectivity index (χ3v) is 4.00. The van der Waals surface area contributed by atoms with Crippen LogP contribution < -0.4 is 11.1 Å². The maximum atomic E-state index is 12.2. The second-order valence-corrected chi connectivity index (χ2v) is 5.56. The summed E-state index contributed by atoms with van der Waals surface area (Å²) in [4.78, 5) is 16.4. The largest absolute Gasteiger partial charge is 0.352 e. The summed E-state index contributed by atoms with van der Waals surface area (Å²) in [5, 5.41) is 4.00. The molecular formula is C16H19N3O. The normalized spacial score (nSPS) is 22.1. The smallest absolute Gasteiger partial charge is 0.251 e. The fourth-order valence-corrected chi connectivity index (χ4v) is 2.85. The van der Waals surface area contributed by atoms with Gasteiger partial charge in [-0.2, -0.15) is 0 Å². The van der Waals surface area contributed by atoms with Crippen LogP contribution in [0.25, 0.3) is 10.9 Å². The first-order valence-corrected chi connectivity index (χ1v) is 7.11. The molecule has 1 aromatic carbocycles. The topological polar surface area (TPSA) is 68.0 Å². The predicted molar refractivity (Wildman–Crippen MR) is 79.4 cm³/mol. The minimum absolute atomic E-state index is 0.0174. The number of rotatable bonds is 3. The van der Waals surface area contributed by atoms with Gasteiger partial charge in [-0.05, 0) is 49.4 Å². The van der Waals surface area contributed by atoms with E-state index in [2.05, 4.69) is 10.3 Å². The molecule has 1 heterocycles. The highest BCUT2D eigenvalue weighted by molar-refractivity contribution is 5.97. The predicted octanol–water partition coefficient (Wildman–Crippen LogP) is 2.09. The Labute approximate surface area is 118 Å². The highest BCUT2D eigenvalue weighted by Gasteiger charge is 2.22. The van der Waals surface area contributed by atoms with E-state index in [1.165, 1.54) is 0 Å². The lowest BCUT2D eigenvalue weighted by Crippen LogP contribution is -2.29.